The highest BCUT2D eigenvalue weighted by atomic mass is 19.4. The summed E-state index contributed by atoms with van der Waals surface area (Å²) in [7, 11) is 1.73. The molecule has 168 valence electrons. The molecule has 0 spiro atoms. The van der Waals surface area contributed by atoms with Gasteiger partial charge in [0.15, 0.2) is 0 Å². The minimum Gasteiger partial charge on any atom is -0.360 e. The highest BCUT2D eigenvalue weighted by Gasteiger charge is 2.27. The molecule has 0 amide bonds. The Kier molecular flexibility index (Phi) is 6.82. The maximum Gasteiger partial charge on any atom is 0.405 e. The van der Waals surface area contributed by atoms with Gasteiger partial charge in [0.25, 0.3) is 0 Å². The average molecular weight is 443 g/mol. The van der Waals surface area contributed by atoms with Gasteiger partial charge < -0.3 is 20.9 Å². The van der Waals surface area contributed by atoms with E-state index in [9.17, 15) is 13.2 Å². The maximum atomic E-state index is 12.6. The first-order chi connectivity index (χ1) is 15.1. The molecule has 0 bridgehead atoms. The van der Waals surface area contributed by atoms with E-state index in [1.165, 1.54) is 0 Å². The van der Waals surface area contributed by atoms with Crippen molar-refractivity contribution in [3.05, 3.63) is 60.4 Å². The molecule has 4 N–H and O–H groups in total. The molecule has 0 fully saturated rings. The summed E-state index contributed by atoms with van der Waals surface area (Å²) in [6.07, 6.45) is -0.845. The number of fused-ring (bicyclic) bond motifs is 1. The van der Waals surface area contributed by atoms with E-state index >= 15 is 0 Å². The second kappa shape index (κ2) is 9.54. The molecular formula is C22H24F3N7. The van der Waals surface area contributed by atoms with Crippen LogP contribution in [0.2, 0.25) is 0 Å². The lowest BCUT2D eigenvalue weighted by molar-refractivity contribution is -0.115. The van der Waals surface area contributed by atoms with Crippen LogP contribution in [0.25, 0.3) is 16.7 Å². The van der Waals surface area contributed by atoms with Crippen LogP contribution in [0.1, 0.15) is 19.4 Å². The lowest BCUT2D eigenvalue weighted by Crippen LogP contribution is -2.22. The zero-order valence-corrected chi connectivity index (χ0v) is 17.9. The van der Waals surface area contributed by atoms with Crippen LogP contribution in [0, 0.1) is 0 Å². The number of hydrogen-bond acceptors (Lipinski definition) is 6. The van der Waals surface area contributed by atoms with Gasteiger partial charge in [0.1, 0.15) is 18.0 Å². The number of alkyl halides is 3. The van der Waals surface area contributed by atoms with Gasteiger partial charge in [0.2, 0.25) is 5.95 Å². The number of nitrogens with zero attached hydrogens (tertiary/aromatic N) is 3. The van der Waals surface area contributed by atoms with Crippen LogP contribution >= 0.6 is 0 Å². The van der Waals surface area contributed by atoms with E-state index in [1.807, 2.05) is 44.2 Å². The van der Waals surface area contributed by atoms with E-state index in [4.69, 9.17) is 0 Å². The fraction of sp³-hybridized carbons (Fsp3) is 0.227. The molecule has 0 unspecified atom stereocenters. The van der Waals surface area contributed by atoms with E-state index in [0.29, 0.717) is 16.7 Å². The number of benzene rings is 1. The van der Waals surface area contributed by atoms with E-state index in [2.05, 4.69) is 42.5 Å². The topological polar surface area (TPSA) is 90.0 Å². The minimum absolute atomic E-state index is 0.0958. The van der Waals surface area contributed by atoms with Gasteiger partial charge in [-0.05, 0) is 43.7 Å². The van der Waals surface area contributed by atoms with E-state index in [1.54, 1.807) is 19.3 Å². The largest absolute Gasteiger partial charge is 0.405 e. The third-order valence-electron chi connectivity index (χ3n) is 4.49. The smallest absolute Gasteiger partial charge is 0.360 e. The first-order valence-corrected chi connectivity index (χ1v) is 9.75. The first-order valence-electron chi connectivity index (χ1n) is 9.75. The van der Waals surface area contributed by atoms with E-state index in [0.717, 1.165) is 22.7 Å². The fourth-order valence-corrected chi connectivity index (χ4v) is 2.92. The van der Waals surface area contributed by atoms with Gasteiger partial charge >= 0.3 is 6.18 Å². The van der Waals surface area contributed by atoms with Crippen LogP contribution in [-0.4, -0.2) is 40.4 Å². The lowest BCUT2D eigenvalue weighted by Gasteiger charge is -2.13. The summed E-state index contributed by atoms with van der Waals surface area (Å²) in [6.45, 7) is 6.69. The number of aromatic nitrogens is 3. The van der Waals surface area contributed by atoms with Crippen molar-refractivity contribution < 1.29 is 13.2 Å². The molecule has 0 atom stereocenters. The van der Waals surface area contributed by atoms with Crippen LogP contribution in [0.5, 0.6) is 0 Å². The maximum absolute atomic E-state index is 12.6. The van der Waals surface area contributed by atoms with Crippen LogP contribution in [0.15, 0.2) is 59.9 Å². The summed E-state index contributed by atoms with van der Waals surface area (Å²) in [5.74, 6) is 0.265. The summed E-state index contributed by atoms with van der Waals surface area (Å²) >= 11 is 0. The molecule has 3 aromatic rings. The molecule has 7 nitrogen and oxygen atoms in total. The van der Waals surface area contributed by atoms with Gasteiger partial charge in [-0.15, -0.1) is 0 Å². The summed E-state index contributed by atoms with van der Waals surface area (Å²) in [6, 6.07) is 8.97. The number of H-pyrrole nitrogens is 1. The van der Waals surface area contributed by atoms with Crippen LogP contribution in [-0.2, 0) is 0 Å². The Morgan fingerprint density at radius 2 is 1.88 bits per heavy atom. The van der Waals surface area contributed by atoms with E-state index < -0.39 is 12.7 Å². The molecule has 0 aliphatic heterocycles. The lowest BCUT2D eigenvalue weighted by atomic mass is 10.1. The highest BCUT2D eigenvalue weighted by Crippen LogP contribution is 2.25. The SMILES string of the molecule is C=C(N/C(C)=C/C(C)=NC)c1ccc(Nc2nc(NCC(F)(F)F)c3cc[nH]c3n2)cc1. The molecule has 2 heterocycles. The Bertz CT molecular complexity index is 1160. The van der Waals surface area contributed by atoms with Crippen LogP contribution < -0.4 is 16.0 Å². The number of nitrogens with one attached hydrogen (secondary N) is 4. The third kappa shape index (κ3) is 6.10. The Balaban J connectivity index is 1.74. The summed E-state index contributed by atoms with van der Waals surface area (Å²) in [5, 5.41) is 9.05. The van der Waals surface area contributed by atoms with Gasteiger partial charge in [-0.25, -0.2) is 0 Å². The summed E-state index contributed by atoms with van der Waals surface area (Å²) < 4.78 is 37.9. The normalized spacial score (nSPS) is 12.7. The van der Waals surface area contributed by atoms with Crippen molar-refractivity contribution in [1.82, 2.24) is 20.3 Å². The van der Waals surface area contributed by atoms with Gasteiger partial charge in [-0.3, -0.25) is 4.99 Å². The van der Waals surface area contributed by atoms with Crippen molar-refractivity contribution in [2.75, 3.05) is 24.2 Å². The molecule has 0 saturated heterocycles. The molecule has 32 heavy (non-hydrogen) atoms. The monoisotopic (exact) mass is 443 g/mol. The standard InChI is InChI=1S/C22H24F3N7/c1-13(26-4)11-14(2)29-15(3)16-5-7-17(8-6-16)30-21-31-19-18(9-10-27-19)20(32-21)28-12-22(23,24)25/h5-11,29H,3,12H2,1-2,4H3,(H3,27,28,30,31,32)/b14-11+,26-13?. The van der Waals surface area contributed by atoms with Crippen molar-refractivity contribution in [3.63, 3.8) is 0 Å². The van der Waals surface area contributed by atoms with Gasteiger partial charge in [-0.2, -0.15) is 23.1 Å². The molecular weight excluding hydrogens is 419 g/mol. The Hall–Kier alpha value is -3.82. The predicted molar refractivity (Wildman–Crippen MR) is 123 cm³/mol. The molecule has 0 aliphatic carbocycles. The van der Waals surface area contributed by atoms with E-state index in [-0.39, 0.29) is 11.8 Å². The van der Waals surface area contributed by atoms with Gasteiger partial charge in [0, 0.05) is 36.0 Å². The fourth-order valence-electron chi connectivity index (χ4n) is 2.92. The zero-order chi connectivity index (χ0) is 23.3. The Labute approximate surface area is 183 Å². The molecule has 3 rings (SSSR count). The van der Waals surface area contributed by atoms with Gasteiger partial charge in [0.05, 0.1) is 5.39 Å². The van der Waals surface area contributed by atoms with Crippen molar-refractivity contribution >= 4 is 39.9 Å². The quantitative estimate of drug-likeness (QED) is 0.358. The second-order valence-corrected chi connectivity index (χ2v) is 7.10. The summed E-state index contributed by atoms with van der Waals surface area (Å²) in [5.41, 5.74) is 4.50. The molecule has 0 saturated carbocycles. The predicted octanol–water partition coefficient (Wildman–Crippen LogP) is 5.23. The molecule has 10 heteroatoms. The number of hydrogen-bond donors (Lipinski definition) is 4. The molecule has 1 aromatic carbocycles. The highest BCUT2D eigenvalue weighted by molar-refractivity contribution is 5.93. The van der Waals surface area contributed by atoms with Crippen molar-refractivity contribution in [1.29, 1.82) is 0 Å². The number of aliphatic imine (C=N–C) groups is 1. The van der Waals surface area contributed by atoms with Crippen LogP contribution in [0.3, 0.4) is 0 Å². The van der Waals surface area contributed by atoms with Crippen molar-refractivity contribution in [3.8, 4) is 0 Å². The Morgan fingerprint density at radius 1 is 1.16 bits per heavy atom. The number of allylic oxidation sites excluding steroid dienone is 2. The van der Waals surface area contributed by atoms with Crippen LogP contribution in [0.4, 0.5) is 30.6 Å². The summed E-state index contributed by atoms with van der Waals surface area (Å²) in [4.78, 5) is 15.5. The van der Waals surface area contributed by atoms with Gasteiger partial charge in [-0.1, -0.05) is 18.7 Å². The number of aromatic amines is 1. The molecule has 2 aromatic heterocycles. The first kappa shape index (κ1) is 22.9. The minimum atomic E-state index is -4.36. The number of halogens is 3. The zero-order valence-electron chi connectivity index (χ0n) is 17.9. The number of anilines is 3. The van der Waals surface area contributed by atoms with Crippen molar-refractivity contribution in [2.24, 2.45) is 4.99 Å². The average Bonchev–Trinajstić information content (AvgIpc) is 3.20. The number of rotatable bonds is 8. The second-order valence-electron chi connectivity index (χ2n) is 7.10. The van der Waals surface area contributed by atoms with Crippen molar-refractivity contribution in [2.45, 2.75) is 20.0 Å². The third-order valence-corrected chi connectivity index (χ3v) is 4.49. The molecule has 0 aliphatic rings. The Morgan fingerprint density at radius 3 is 2.53 bits per heavy atom. The molecule has 0 radical (unpaired) electrons.